The fourth-order valence-corrected chi connectivity index (χ4v) is 4.39. The highest BCUT2D eigenvalue weighted by atomic mass is 16.6. The van der Waals surface area contributed by atoms with Gasteiger partial charge in [0, 0.05) is 43.1 Å². The number of alkyl carbamates (subject to hydrolysis) is 1. The van der Waals surface area contributed by atoms with E-state index in [1.54, 1.807) is 6.26 Å². The summed E-state index contributed by atoms with van der Waals surface area (Å²) in [4.78, 5) is 23.0. The van der Waals surface area contributed by atoms with Crippen molar-refractivity contribution in [1.82, 2.24) is 25.5 Å². The third-order valence-corrected chi connectivity index (χ3v) is 6.13. The molecule has 0 aliphatic carbocycles. The van der Waals surface area contributed by atoms with E-state index in [1.165, 1.54) is 0 Å². The molecule has 1 spiro atoms. The summed E-state index contributed by atoms with van der Waals surface area (Å²) in [5, 5.41) is 14.4. The fraction of sp³-hybridized carbons (Fsp3) is 0.333. The van der Waals surface area contributed by atoms with Gasteiger partial charge in [-0.15, -0.1) is 0 Å². The SMILES string of the molecule is Cc1n[nH]c2cc(Nc3nc(N4CCC5(CC4)CNC(=O)O5)c4occc4n3)ccc12. The van der Waals surface area contributed by atoms with Crippen LogP contribution in [0.2, 0.25) is 0 Å². The molecule has 3 N–H and O–H groups in total. The number of aryl methyl sites for hydroxylation is 1. The van der Waals surface area contributed by atoms with E-state index in [4.69, 9.17) is 14.1 Å². The first-order chi connectivity index (χ1) is 15.1. The summed E-state index contributed by atoms with van der Waals surface area (Å²) < 4.78 is 11.2. The van der Waals surface area contributed by atoms with Gasteiger partial charge in [-0.05, 0) is 25.1 Å². The summed E-state index contributed by atoms with van der Waals surface area (Å²) in [6.07, 6.45) is 2.76. The quantitative estimate of drug-likeness (QED) is 0.463. The number of rotatable bonds is 3. The number of aromatic nitrogens is 4. The molecule has 31 heavy (non-hydrogen) atoms. The number of fused-ring (bicyclic) bond motifs is 2. The van der Waals surface area contributed by atoms with Crippen LogP contribution >= 0.6 is 0 Å². The fourth-order valence-electron chi connectivity index (χ4n) is 4.39. The van der Waals surface area contributed by atoms with Crippen molar-refractivity contribution in [2.45, 2.75) is 25.4 Å². The highest BCUT2D eigenvalue weighted by molar-refractivity contribution is 5.87. The topological polar surface area (TPSA) is 121 Å². The van der Waals surface area contributed by atoms with Crippen LogP contribution in [0.4, 0.5) is 22.2 Å². The minimum Gasteiger partial charge on any atom is -0.459 e. The molecule has 4 aromatic rings. The maximum absolute atomic E-state index is 11.5. The van der Waals surface area contributed by atoms with Gasteiger partial charge in [0.15, 0.2) is 11.4 Å². The Morgan fingerprint density at radius 2 is 2.06 bits per heavy atom. The van der Waals surface area contributed by atoms with Crippen molar-refractivity contribution in [2.24, 2.45) is 0 Å². The molecule has 10 heteroatoms. The lowest BCUT2D eigenvalue weighted by atomic mass is 9.91. The first kappa shape index (κ1) is 18.0. The monoisotopic (exact) mass is 419 g/mol. The minimum atomic E-state index is -0.415. The van der Waals surface area contributed by atoms with E-state index < -0.39 is 5.60 Å². The standard InChI is InChI=1S/C21H21N7O3/c1-12-14-3-2-13(10-16(14)27-26-12)23-19-24-15-4-9-30-17(15)18(25-19)28-7-5-21(6-8-28)11-22-20(29)31-21/h2-4,9-10H,5-8,11H2,1H3,(H,22,29)(H,26,27)(H,23,24,25). The van der Waals surface area contributed by atoms with Crippen molar-refractivity contribution in [1.29, 1.82) is 0 Å². The summed E-state index contributed by atoms with van der Waals surface area (Å²) in [5.41, 5.74) is 3.76. The number of nitrogens with zero attached hydrogens (tertiary/aromatic N) is 4. The van der Waals surface area contributed by atoms with E-state index in [0.29, 0.717) is 31.2 Å². The Kier molecular flexibility index (Phi) is 3.83. The van der Waals surface area contributed by atoms with Crippen LogP contribution in [0.5, 0.6) is 0 Å². The van der Waals surface area contributed by atoms with Gasteiger partial charge in [0.1, 0.15) is 11.1 Å². The Balaban J connectivity index is 1.29. The minimum absolute atomic E-state index is 0.333. The summed E-state index contributed by atoms with van der Waals surface area (Å²) in [7, 11) is 0. The summed E-state index contributed by atoms with van der Waals surface area (Å²) in [6.45, 7) is 3.95. The Morgan fingerprint density at radius 3 is 2.87 bits per heavy atom. The predicted molar refractivity (Wildman–Crippen MR) is 115 cm³/mol. The molecule has 2 saturated heterocycles. The zero-order chi connectivity index (χ0) is 21.0. The molecule has 2 aliphatic heterocycles. The zero-order valence-electron chi connectivity index (χ0n) is 16.9. The third-order valence-electron chi connectivity index (χ3n) is 6.13. The largest absolute Gasteiger partial charge is 0.459 e. The smallest absolute Gasteiger partial charge is 0.407 e. The van der Waals surface area contributed by atoms with E-state index in [-0.39, 0.29) is 6.09 Å². The number of piperidine rings is 1. The number of anilines is 3. The number of hydrogen-bond acceptors (Lipinski definition) is 8. The molecule has 2 aliphatic rings. The molecule has 5 heterocycles. The van der Waals surface area contributed by atoms with E-state index in [9.17, 15) is 4.79 Å². The van der Waals surface area contributed by atoms with Crippen LogP contribution in [0.25, 0.3) is 22.0 Å². The number of hydrogen-bond donors (Lipinski definition) is 3. The number of ether oxygens (including phenoxy) is 1. The number of aromatic amines is 1. The number of H-pyrrole nitrogens is 1. The Labute approximate surface area is 177 Å². The van der Waals surface area contributed by atoms with Gasteiger partial charge < -0.3 is 24.7 Å². The molecule has 0 bridgehead atoms. The molecule has 0 unspecified atom stereocenters. The van der Waals surface area contributed by atoms with Gasteiger partial charge in [0.05, 0.1) is 24.0 Å². The predicted octanol–water partition coefficient (Wildman–Crippen LogP) is 3.23. The van der Waals surface area contributed by atoms with Gasteiger partial charge in [-0.25, -0.2) is 9.78 Å². The summed E-state index contributed by atoms with van der Waals surface area (Å²) in [6, 6.07) is 7.83. The number of amides is 1. The molecule has 1 amide bonds. The second-order valence-corrected chi connectivity index (χ2v) is 8.11. The van der Waals surface area contributed by atoms with Crippen molar-refractivity contribution in [2.75, 3.05) is 29.9 Å². The molecule has 158 valence electrons. The zero-order valence-corrected chi connectivity index (χ0v) is 16.9. The average Bonchev–Trinajstić information content (AvgIpc) is 3.48. The molecular formula is C21H21N7O3. The molecule has 0 radical (unpaired) electrons. The lowest BCUT2D eigenvalue weighted by Gasteiger charge is -2.37. The highest BCUT2D eigenvalue weighted by Crippen LogP contribution is 2.34. The second-order valence-electron chi connectivity index (χ2n) is 8.11. The number of furan rings is 1. The van der Waals surface area contributed by atoms with Crippen molar-refractivity contribution >= 4 is 45.5 Å². The molecule has 2 fully saturated rings. The van der Waals surface area contributed by atoms with E-state index in [2.05, 4.69) is 30.7 Å². The van der Waals surface area contributed by atoms with Crippen LogP contribution in [0.1, 0.15) is 18.5 Å². The van der Waals surface area contributed by atoms with Gasteiger partial charge in [-0.3, -0.25) is 5.10 Å². The van der Waals surface area contributed by atoms with Gasteiger partial charge in [0.2, 0.25) is 5.95 Å². The molecule has 1 aromatic carbocycles. The van der Waals surface area contributed by atoms with Gasteiger partial charge in [0.25, 0.3) is 0 Å². The first-order valence-corrected chi connectivity index (χ1v) is 10.3. The number of nitrogens with one attached hydrogen (secondary N) is 3. The van der Waals surface area contributed by atoms with E-state index >= 15 is 0 Å². The van der Waals surface area contributed by atoms with Crippen molar-refractivity contribution < 1.29 is 13.9 Å². The Hall–Kier alpha value is -3.82. The normalized spacial score (nSPS) is 18.0. The maximum atomic E-state index is 11.5. The van der Waals surface area contributed by atoms with Crippen LogP contribution in [-0.2, 0) is 4.74 Å². The maximum Gasteiger partial charge on any atom is 0.407 e. The molecule has 10 nitrogen and oxygen atoms in total. The van der Waals surface area contributed by atoms with Crippen LogP contribution in [0.15, 0.2) is 34.9 Å². The Bertz CT molecular complexity index is 1300. The summed E-state index contributed by atoms with van der Waals surface area (Å²) >= 11 is 0. The van der Waals surface area contributed by atoms with Crippen LogP contribution in [0.3, 0.4) is 0 Å². The average molecular weight is 419 g/mol. The lowest BCUT2D eigenvalue weighted by Crippen LogP contribution is -2.47. The van der Waals surface area contributed by atoms with Crippen molar-refractivity contribution in [3.63, 3.8) is 0 Å². The van der Waals surface area contributed by atoms with Crippen LogP contribution in [-0.4, -0.2) is 51.5 Å². The van der Waals surface area contributed by atoms with Crippen molar-refractivity contribution in [3.8, 4) is 0 Å². The molecule has 0 saturated carbocycles. The van der Waals surface area contributed by atoms with Crippen molar-refractivity contribution in [3.05, 3.63) is 36.2 Å². The molecule has 6 rings (SSSR count). The second kappa shape index (κ2) is 6.59. The lowest BCUT2D eigenvalue weighted by molar-refractivity contribution is 0.0366. The van der Waals surface area contributed by atoms with Gasteiger partial charge in [-0.2, -0.15) is 10.1 Å². The number of carbonyl (C=O) groups excluding carboxylic acids is 1. The number of benzene rings is 1. The Morgan fingerprint density at radius 1 is 1.19 bits per heavy atom. The first-order valence-electron chi connectivity index (χ1n) is 10.3. The number of carbonyl (C=O) groups is 1. The van der Waals surface area contributed by atoms with Crippen LogP contribution < -0.4 is 15.5 Å². The van der Waals surface area contributed by atoms with Crippen LogP contribution in [0, 0.1) is 6.92 Å². The van der Waals surface area contributed by atoms with E-state index in [1.807, 2.05) is 31.2 Å². The molecule has 0 atom stereocenters. The van der Waals surface area contributed by atoms with Gasteiger partial charge >= 0.3 is 6.09 Å². The molecule has 3 aromatic heterocycles. The van der Waals surface area contributed by atoms with Gasteiger partial charge in [-0.1, -0.05) is 0 Å². The summed E-state index contributed by atoms with van der Waals surface area (Å²) in [5.74, 6) is 1.23. The third kappa shape index (κ3) is 3.02. The van der Waals surface area contributed by atoms with E-state index in [0.717, 1.165) is 46.5 Å². The highest BCUT2D eigenvalue weighted by Gasteiger charge is 2.43. The molecular weight excluding hydrogens is 398 g/mol.